The van der Waals surface area contributed by atoms with Gasteiger partial charge in [-0.2, -0.15) is 0 Å². The number of rotatable bonds is 8. The summed E-state index contributed by atoms with van der Waals surface area (Å²) in [6.07, 6.45) is -0.227. The van der Waals surface area contributed by atoms with Gasteiger partial charge in [-0.15, -0.1) is 0 Å². The lowest BCUT2D eigenvalue weighted by Crippen LogP contribution is -2.50. The fourth-order valence-corrected chi connectivity index (χ4v) is 5.08. The number of benzene rings is 2. The van der Waals surface area contributed by atoms with E-state index >= 15 is 0 Å². The highest BCUT2D eigenvalue weighted by molar-refractivity contribution is 5.68. The number of ether oxygens (including phenoxy) is 5. The summed E-state index contributed by atoms with van der Waals surface area (Å²) in [6.45, 7) is 8.80. The number of hydrogen-bond acceptors (Lipinski definition) is 9. The van der Waals surface area contributed by atoms with E-state index in [9.17, 15) is 4.79 Å². The number of carbonyl (C=O) groups is 1. The Morgan fingerprint density at radius 2 is 1.59 bits per heavy atom. The average molecular weight is 513 g/mol. The standard InChI is InChI=1S/C27H36N4O6/c1-33-23-6-4-3-5-22(23)30-11-13-31(14-12-30)27(32)35-16-15-28-7-9-29(10-8-28)19-21-17-24(34-2)26-25(18-21)36-20-37-26/h3-6,17-18H,7-16,19-20H2,1-2H3. The van der Waals surface area contributed by atoms with Gasteiger partial charge in [0, 0.05) is 65.4 Å². The van der Waals surface area contributed by atoms with Crippen LogP contribution in [0.25, 0.3) is 0 Å². The second kappa shape index (κ2) is 11.8. The van der Waals surface area contributed by atoms with Gasteiger partial charge in [0.05, 0.1) is 19.9 Å². The van der Waals surface area contributed by atoms with Crippen LogP contribution in [0.1, 0.15) is 5.56 Å². The molecule has 0 aliphatic carbocycles. The summed E-state index contributed by atoms with van der Waals surface area (Å²) in [5.41, 5.74) is 2.21. The maximum atomic E-state index is 12.6. The predicted molar refractivity (Wildman–Crippen MR) is 139 cm³/mol. The molecule has 0 unspecified atom stereocenters. The minimum Gasteiger partial charge on any atom is -0.495 e. The predicted octanol–water partition coefficient (Wildman–Crippen LogP) is 2.51. The van der Waals surface area contributed by atoms with E-state index in [4.69, 9.17) is 23.7 Å². The Bertz CT molecular complexity index is 1070. The molecule has 1 amide bonds. The molecule has 2 aromatic carbocycles. The van der Waals surface area contributed by atoms with Crippen LogP contribution < -0.4 is 23.8 Å². The van der Waals surface area contributed by atoms with Gasteiger partial charge in [-0.05, 0) is 29.8 Å². The van der Waals surface area contributed by atoms with Gasteiger partial charge in [0.25, 0.3) is 0 Å². The monoisotopic (exact) mass is 512 g/mol. The average Bonchev–Trinajstić information content (AvgIpc) is 3.42. The zero-order valence-corrected chi connectivity index (χ0v) is 21.7. The molecule has 0 saturated carbocycles. The Morgan fingerprint density at radius 1 is 0.865 bits per heavy atom. The number of hydrogen-bond donors (Lipinski definition) is 0. The number of fused-ring (bicyclic) bond motifs is 1. The van der Waals surface area contributed by atoms with E-state index in [0.29, 0.717) is 31.2 Å². The lowest BCUT2D eigenvalue weighted by molar-refractivity contribution is 0.0726. The Kier molecular flexibility index (Phi) is 8.05. The summed E-state index contributed by atoms with van der Waals surface area (Å²) >= 11 is 0. The summed E-state index contributed by atoms with van der Waals surface area (Å²) in [7, 11) is 3.33. The normalized spacial score (nSPS) is 18.1. The molecule has 37 heavy (non-hydrogen) atoms. The molecule has 0 bridgehead atoms. The molecule has 0 N–H and O–H groups in total. The first-order valence-corrected chi connectivity index (χ1v) is 12.9. The van der Waals surface area contributed by atoms with Crippen molar-refractivity contribution in [1.29, 1.82) is 0 Å². The lowest BCUT2D eigenvalue weighted by Gasteiger charge is -2.36. The summed E-state index contributed by atoms with van der Waals surface area (Å²) in [5.74, 6) is 3.00. The minimum absolute atomic E-state index is 0.227. The molecule has 2 aromatic rings. The first kappa shape index (κ1) is 25.3. The van der Waals surface area contributed by atoms with Gasteiger partial charge in [0.1, 0.15) is 12.4 Å². The smallest absolute Gasteiger partial charge is 0.409 e. The molecule has 10 nitrogen and oxygen atoms in total. The summed E-state index contributed by atoms with van der Waals surface area (Å²) in [5, 5.41) is 0. The Balaban J connectivity index is 1.00. The highest BCUT2D eigenvalue weighted by atomic mass is 16.7. The van der Waals surface area contributed by atoms with Gasteiger partial charge in [-0.1, -0.05) is 12.1 Å². The third kappa shape index (κ3) is 5.97. The topological polar surface area (TPSA) is 76.2 Å². The van der Waals surface area contributed by atoms with Crippen LogP contribution in [-0.2, 0) is 11.3 Å². The number of piperazine rings is 2. The van der Waals surface area contributed by atoms with Crippen molar-refractivity contribution in [2.45, 2.75) is 6.54 Å². The Hall–Kier alpha value is -3.37. The molecule has 2 fully saturated rings. The van der Waals surface area contributed by atoms with Crippen molar-refractivity contribution in [2.75, 3.05) is 91.4 Å². The molecule has 10 heteroatoms. The SMILES string of the molecule is COc1ccccc1N1CCN(C(=O)OCCN2CCN(Cc3cc(OC)c4c(c3)OCO4)CC2)CC1. The van der Waals surface area contributed by atoms with Crippen molar-refractivity contribution in [1.82, 2.24) is 14.7 Å². The van der Waals surface area contributed by atoms with Crippen molar-refractivity contribution in [3.05, 3.63) is 42.0 Å². The third-order valence-corrected chi connectivity index (χ3v) is 7.19. The third-order valence-electron chi connectivity index (χ3n) is 7.19. The number of methoxy groups -OCH3 is 2. The van der Waals surface area contributed by atoms with Crippen LogP contribution in [0.2, 0.25) is 0 Å². The van der Waals surface area contributed by atoms with E-state index in [1.165, 1.54) is 0 Å². The quantitative estimate of drug-likeness (QED) is 0.530. The van der Waals surface area contributed by atoms with Gasteiger partial charge >= 0.3 is 6.09 Å². The molecule has 0 aromatic heterocycles. The molecule has 0 atom stereocenters. The molecule has 5 rings (SSSR count). The first-order chi connectivity index (χ1) is 18.1. The van der Waals surface area contributed by atoms with Gasteiger partial charge in [0.2, 0.25) is 12.5 Å². The Morgan fingerprint density at radius 3 is 2.35 bits per heavy atom. The first-order valence-electron chi connectivity index (χ1n) is 12.9. The summed E-state index contributed by atoms with van der Waals surface area (Å²) in [4.78, 5) is 21.4. The van der Waals surface area contributed by atoms with Crippen LogP contribution in [0.15, 0.2) is 36.4 Å². The largest absolute Gasteiger partial charge is 0.495 e. The van der Waals surface area contributed by atoms with Crippen LogP contribution in [0.3, 0.4) is 0 Å². The summed E-state index contributed by atoms with van der Waals surface area (Å²) in [6, 6.07) is 12.0. The second-order valence-corrected chi connectivity index (χ2v) is 9.41. The minimum atomic E-state index is -0.227. The van der Waals surface area contributed by atoms with Crippen molar-refractivity contribution in [3.8, 4) is 23.0 Å². The molecule has 3 heterocycles. The van der Waals surface area contributed by atoms with E-state index < -0.39 is 0 Å². The highest BCUT2D eigenvalue weighted by Gasteiger charge is 2.25. The maximum Gasteiger partial charge on any atom is 0.409 e. The number of amides is 1. The second-order valence-electron chi connectivity index (χ2n) is 9.41. The summed E-state index contributed by atoms with van der Waals surface area (Å²) < 4.78 is 27.6. The number of para-hydroxylation sites is 2. The highest BCUT2D eigenvalue weighted by Crippen LogP contribution is 2.42. The van der Waals surface area contributed by atoms with E-state index in [0.717, 1.165) is 75.1 Å². The fourth-order valence-electron chi connectivity index (χ4n) is 5.08. The van der Waals surface area contributed by atoms with E-state index in [1.54, 1.807) is 19.1 Å². The van der Waals surface area contributed by atoms with Crippen molar-refractivity contribution in [3.63, 3.8) is 0 Å². The molecule has 3 aliphatic heterocycles. The van der Waals surface area contributed by atoms with Crippen LogP contribution in [0.5, 0.6) is 23.0 Å². The van der Waals surface area contributed by atoms with Crippen LogP contribution in [0.4, 0.5) is 10.5 Å². The van der Waals surface area contributed by atoms with Gasteiger partial charge in [-0.25, -0.2) is 4.79 Å². The van der Waals surface area contributed by atoms with Gasteiger partial charge in [-0.3, -0.25) is 9.80 Å². The number of nitrogens with zero attached hydrogens (tertiary/aromatic N) is 4. The molecule has 0 radical (unpaired) electrons. The van der Waals surface area contributed by atoms with E-state index in [2.05, 4.69) is 20.8 Å². The molecule has 2 saturated heterocycles. The number of carbonyl (C=O) groups excluding carboxylic acids is 1. The fraction of sp³-hybridized carbons (Fsp3) is 0.519. The lowest BCUT2D eigenvalue weighted by atomic mass is 10.1. The van der Waals surface area contributed by atoms with Crippen LogP contribution in [-0.4, -0.2) is 107 Å². The molecule has 0 spiro atoms. The van der Waals surface area contributed by atoms with Crippen molar-refractivity contribution in [2.24, 2.45) is 0 Å². The maximum absolute atomic E-state index is 12.6. The molecular formula is C27H36N4O6. The zero-order chi connectivity index (χ0) is 25.6. The van der Waals surface area contributed by atoms with E-state index in [-0.39, 0.29) is 12.9 Å². The molecule has 200 valence electrons. The zero-order valence-electron chi connectivity index (χ0n) is 21.7. The molecular weight excluding hydrogens is 476 g/mol. The van der Waals surface area contributed by atoms with Crippen LogP contribution in [0, 0.1) is 0 Å². The van der Waals surface area contributed by atoms with Crippen molar-refractivity contribution < 1.29 is 28.5 Å². The molecule has 3 aliphatic rings. The van der Waals surface area contributed by atoms with Crippen LogP contribution >= 0.6 is 0 Å². The van der Waals surface area contributed by atoms with Gasteiger partial charge in [0.15, 0.2) is 11.5 Å². The van der Waals surface area contributed by atoms with E-state index in [1.807, 2.05) is 30.3 Å². The van der Waals surface area contributed by atoms with Gasteiger partial charge < -0.3 is 33.5 Å². The number of anilines is 1. The van der Waals surface area contributed by atoms with Crippen molar-refractivity contribution >= 4 is 11.8 Å². The Labute approximate surface area is 218 Å².